The topological polar surface area (TPSA) is 50.1 Å². The number of fused-ring (bicyclic) bond motifs is 1. The van der Waals surface area contributed by atoms with Crippen LogP contribution in [-0.2, 0) is 11.3 Å². The number of benzene rings is 2. The molecule has 0 spiro atoms. The molecular formula is C17H10ClNO2S. The monoisotopic (exact) mass is 327 g/mol. The first kappa shape index (κ1) is 14.6. The van der Waals surface area contributed by atoms with Crippen LogP contribution in [-0.4, -0.2) is 5.97 Å². The number of hydrogen-bond acceptors (Lipinski definition) is 4. The van der Waals surface area contributed by atoms with E-state index < -0.39 is 5.97 Å². The van der Waals surface area contributed by atoms with Crippen molar-refractivity contribution in [1.82, 2.24) is 0 Å². The van der Waals surface area contributed by atoms with E-state index in [4.69, 9.17) is 21.6 Å². The van der Waals surface area contributed by atoms with Gasteiger partial charge >= 0.3 is 5.97 Å². The third-order valence-corrected chi connectivity index (χ3v) is 4.87. The molecule has 0 amide bonds. The summed E-state index contributed by atoms with van der Waals surface area (Å²) in [4.78, 5) is 12.6. The number of hydrogen-bond donors (Lipinski definition) is 0. The number of carbonyl (C=O) groups is 1. The van der Waals surface area contributed by atoms with Gasteiger partial charge in [0.2, 0.25) is 0 Å². The summed E-state index contributed by atoms with van der Waals surface area (Å²) in [6.45, 7) is 0.0488. The van der Waals surface area contributed by atoms with Gasteiger partial charge in [0.15, 0.2) is 0 Å². The highest BCUT2D eigenvalue weighted by Crippen LogP contribution is 2.35. The van der Waals surface area contributed by atoms with Crippen LogP contribution in [0.1, 0.15) is 20.8 Å². The minimum Gasteiger partial charge on any atom is -0.457 e. The Morgan fingerprint density at radius 1 is 1.18 bits per heavy atom. The fourth-order valence-corrected chi connectivity index (χ4v) is 3.51. The molecular weight excluding hydrogens is 318 g/mol. The third-order valence-electron chi connectivity index (χ3n) is 3.22. The molecule has 1 heterocycles. The van der Waals surface area contributed by atoms with Gasteiger partial charge in [0, 0.05) is 15.6 Å². The fourth-order valence-electron chi connectivity index (χ4n) is 2.11. The predicted molar refractivity (Wildman–Crippen MR) is 87.1 cm³/mol. The summed E-state index contributed by atoms with van der Waals surface area (Å²) in [6, 6.07) is 16.7. The van der Waals surface area contributed by atoms with Crippen LogP contribution in [0.5, 0.6) is 0 Å². The predicted octanol–water partition coefficient (Wildman–Crippen LogP) is 4.78. The summed E-state index contributed by atoms with van der Waals surface area (Å²) >= 11 is 7.56. The molecule has 0 bridgehead atoms. The summed E-state index contributed by atoms with van der Waals surface area (Å²) in [5, 5.41) is 10.3. The Morgan fingerprint density at radius 3 is 2.68 bits per heavy atom. The number of thiophene rings is 1. The summed E-state index contributed by atoms with van der Waals surface area (Å²) in [6.07, 6.45) is 0. The highest BCUT2D eigenvalue weighted by molar-refractivity contribution is 7.21. The van der Waals surface area contributed by atoms with Crippen molar-refractivity contribution in [3.05, 3.63) is 69.6 Å². The van der Waals surface area contributed by atoms with Gasteiger partial charge in [-0.05, 0) is 12.1 Å². The highest BCUT2D eigenvalue weighted by Gasteiger charge is 2.18. The number of nitriles is 1. The largest absolute Gasteiger partial charge is 0.457 e. The van der Waals surface area contributed by atoms with Crippen molar-refractivity contribution in [2.45, 2.75) is 6.61 Å². The zero-order valence-corrected chi connectivity index (χ0v) is 12.9. The lowest BCUT2D eigenvalue weighted by atomic mass is 10.1. The van der Waals surface area contributed by atoms with E-state index in [0.717, 1.165) is 10.1 Å². The van der Waals surface area contributed by atoms with Gasteiger partial charge in [-0.3, -0.25) is 0 Å². The maximum Gasteiger partial charge on any atom is 0.350 e. The minimum absolute atomic E-state index is 0.0488. The average molecular weight is 328 g/mol. The first-order chi connectivity index (χ1) is 10.7. The molecule has 0 saturated heterocycles. The quantitative estimate of drug-likeness (QED) is 0.650. The molecule has 0 saturated carbocycles. The van der Waals surface area contributed by atoms with Gasteiger partial charge in [0.25, 0.3) is 0 Å². The van der Waals surface area contributed by atoms with Crippen LogP contribution in [0.15, 0.2) is 48.5 Å². The first-order valence-corrected chi connectivity index (χ1v) is 7.72. The Bertz CT molecular complexity index is 895. The molecule has 0 atom stereocenters. The molecule has 0 aliphatic heterocycles. The van der Waals surface area contributed by atoms with Gasteiger partial charge in [-0.2, -0.15) is 5.26 Å². The van der Waals surface area contributed by atoms with Crippen LogP contribution in [0.25, 0.3) is 10.1 Å². The summed E-state index contributed by atoms with van der Waals surface area (Å²) in [7, 11) is 0. The van der Waals surface area contributed by atoms with Crippen molar-refractivity contribution in [2.24, 2.45) is 0 Å². The Morgan fingerprint density at radius 2 is 1.91 bits per heavy atom. The SMILES string of the molecule is N#Cc1ccccc1COC(=O)c1sc2ccccc2c1Cl. The van der Waals surface area contributed by atoms with E-state index in [-0.39, 0.29) is 6.61 Å². The van der Waals surface area contributed by atoms with Crippen molar-refractivity contribution in [3.63, 3.8) is 0 Å². The summed E-state index contributed by atoms with van der Waals surface area (Å²) in [5.41, 5.74) is 1.17. The fraction of sp³-hybridized carbons (Fsp3) is 0.0588. The van der Waals surface area contributed by atoms with E-state index in [1.807, 2.05) is 24.3 Å². The molecule has 0 aliphatic rings. The van der Waals surface area contributed by atoms with E-state index >= 15 is 0 Å². The molecule has 2 aromatic carbocycles. The number of carbonyl (C=O) groups excluding carboxylic acids is 1. The van der Waals surface area contributed by atoms with Gasteiger partial charge < -0.3 is 4.74 Å². The molecule has 0 N–H and O–H groups in total. The molecule has 3 nitrogen and oxygen atoms in total. The lowest BCUT2D eigenvalue weighted by Gasteiger charge is -2.05. The van der Waals surface area contributed by atoms with Crippen LogP contribution in [0, 0.1) is 11.3 Å². The normalized spacial score (nSPS) is 10.4. The highest BCUT2D eigenvalue weighted by atomic mass is 35.5. The van der Waals surface area contributed by atoms with Crippen LogP contribution in [0.2, 0.25) is 5.02 Å². The molecule has 3 rings (SSSR count). The number of nitrogens with zero attached hydrogens (tertiary/aromatic N) is 1. The van der Waals surface area contributed by atoms with Gasteiger partial charge in [-0.25, -0.2) is 4.79 Å². The molecule has 1 aromatic heterocycles. The number of rotatable bonds is 3. The van der Waals surface area contributed by atoms with Crippen molar-refractivity contribution < 1.29 is 9.53 Å². The Kier molecular flexibility index (Phi) is 4.10. The van der Waals surface area contributed by atoms with Crippen molar-refractivity contribution in [2.75, 3.05) is 0 Å². The van der Waals surface area contributed by atoms with Crippen molar-refractivity contribution >= 4 is 39.0 Å². The molecule has 22 heavy (non-hydrogen) atoms. The second-order valence-electron chi connectivity index (χ2n) is 4.59. The van der Waals surface area contributed by atoms with Gasteiger partial charge in [-0.1, -0.05) is 48.0 Å². The number of halogens is 1. The zero-order chi connectivity index (χ0) is 15.5. The van der Waals surface area contributed by atoms with Crippen LogP contribution >= 0.6 is 22.9 Å². The Labute approximate surface area is 136 Å². The number of ether oxygens (including phenoxy) is 1. The van der Waals surface area contributed by atoms with Gasteiger partial charge in [0.1, 0.15) is 11.5 Å². The maximum atomic E-state index is 12.2. The maximum absolute atomic E-state index is 12.2. The molecule has 0 unspecified atom stereocenters. The zero-order valence-electron chi connectivity index (χ0n) is 11.4. The molecule has 5 heteroatoms. The van der Waals surface area contributed by atoms with Crippen LogP contribution in [0.4, 0.5) is 0 Å². The Balaban J connectivity index is 1.82. The lowest BCUT2D eigenvalue weighted by Crippen LogP contribution is -2.04. The second kappa shape index (κ2) is 6.18. The standard InChI is InChI=1S/C17H10ClNO2S/c18-15-13-7-3-4-8-14(13)22-16(15)17(20)21-10-12-6-2-1-5-11(12)9-19/h1-8H,10H2. The molecule has 0 fully saturated rings. The van der Waals surface area contributed by atoms with E-state index in [1.165, 1.54) is 11.3 Å². The Hall–Kier alpha value is -2.35. The first-order valence-electron chi connectivity index (χ1n) is 6.53. The van der Waals surface area contributed by atoms with Gasteiger partial charge in [-0.15, -0.1) is 11.3 Å². The summed E-state index contributed by atoms with van der Waals surface area (Å²) < 4.78 is 6.24. The van der Waals surface area contributed by atoms with E-state index in [9.17, 15) is 4.79 Å². The lowest BCUT2D eigenvalue weighted by molar-refractivity contribution is 0.0478. The van der Waals surface area contributed by atoms with E-state index in [2.05, 4.69) is 6.07 Å². The summed E-state index contributed by atoms with van der Waals surface area (Å²) in [5.74, 6) is -0.473. The smallest absolute Gasteiger partial charge is 0.350 e. The minimum atomic E-state index is -0.473. The molecule has 3 aromatic rings. The van der Waals surface area contributed by atoms with E-state index in [0.29, 0.717) is 21.0 Å². The number of esters is 1. The molecule has 108 valence electrons. The molecule has 0 aliphatic carbocycles. The second-order valence-corrected chi connectivity index (χ2v) is 6.02. The van der Waals surface area contributed by atoms with Crippen molar-refractivity contribution in [1.29, 1.82) is 5.26 Å². The van der Waals surface area contributed by atoms with Crippen LogP contribution < -0.4 is 0 Å². The van der Waals surface area contributed by atoms with Gasteiger partial charge in [0.05, 0.1) is 16.7 Å². The van der Waals surface area contributed by atoms with Crippen molar-refractivity contribution in [3.8, 4) is 6.07 Å². The van der Waals surface area contributed by atoms with E-state index in [1.54, 1.807) is 24.3 Å². The van der Waals surface area contributed by atoms with Crippen LogP contribution in [0.3, 0.4) is 0 Å². The average Bonchev–Trinajstić information content (AvgIpc) is 2.90. The third kappa shape index (κ3) is 2.69. The molecule has 0 radical (unpaired) electrons.